The SMILES string of the molecule is S=c1[nH]oc2ccc(Cl)cc12. The minimum absolute atomic E-state index is 0.586. The lowest BCUT2D eigenvalue weighted by Crippen LogP contribution is -1.64. The molecule has 0 aliphatic heterocycles. The number of rotatable bonds is 0. The van der Waals surface area contributed by atoms with Gasteiger partial charge in [0.15, 0.2) is 5.58 Å². The Morgan fingerprint density at radius 2 is 2.27 bits per heavy atom. The Bertz CT molecular complexity index is 445. The van der Waals surface area contributed by atoms with E-state index in [0.717, 1.165) is 11.0 Å². The van der Waals surface area contributed by atoms with Crippen molar-refractivity contribution in [1.29, 1.82) is 0 Å². The largest absolute Gasteiger partial charge is 0.381 e. The van der Waals surface area contributed by atoms with Crippen LogP contribution < -0.4 is 0 Å². The van der Waals surface area contributed by atoms with Gasteiger partial charge in [-0.05, 0) is 18.2 Å². The van der Waals surface area contributed by atoms with E-state index in [1.807, 2.05) is 0 Å². The minimum Gasteiger partial charge on any atom is -0.381 e. The van der Waals surface area contributed by atoms with Crippen LogP contribution in [0, 0.1) is 4.64 Å². The molecule has 1 heterocycles. The van der Waals surface area contributed by atoms with Crippen LogP contribution in [-0.2, 0) is 0 Å². The average molecular weight is 186 g/mol. The lowest BCUT2D eigenvalue weighted by molar-refractivity contribution is 0.453. The van der Waals surface area contributed by atoms with Crippen molar-refractivity contribution in [1.82, 2.24) is 5.16 Å². The molecule has 1 aromatic heterocycles. The second-order valence-electron chi connectivity index (χ2n) is 2.17. The summed E-state index contributed by atoms with van der Waals surface area (Å²) in [6.07, 6.45) is 0. The molecule has 1 N–H and O–H groups in total. The van der Waals surface area contributed by atoms with E-state index in [9.17, 15) is 0 Å². The zero-order chi connectivity index (χ0) is 7.84. The molecule has 56 valence electrons. The molecule has 0 unspecified atom stereocenters. The normalized spacial score (nSPS) is 10.6. The molecule has 0 bridgehead atoms. The fourth-order valence-electron chi connectivity index (χ4n) is 0.925. The molecule has 0 saturated carbocycles. The Hall–Kier alpha value is -0.800. The fourth-order valence-corrected chi connectivity index (χ4v) is 1.30. The Balaban J connectivity index is 2.99. The summed E-state index contributed by atoms with van der Waals surface area (Å²) in [7, 11) is 0. The number of aromatic amines is 1. The molecule has 11 heavy (non-hydrogen) atoms. The summed E-state index contributed by atoms with van der Waals surface area (Å²) in [5, 5.41) is 4.10. The maximum atomic E-state index is 5.75. The zero-order valence-electron chi connectivity index (χ0n) is 5.43. The van der Waals surface area contributed by atoms with Crippen LogP contribution in [0.3, 0.4) is 0 Å². The Morgan fingerprint density at radius 1 is 1.45 bits per heavy atom. The highest BCUT2D eigenvalue weighted by Crippen LogP contribution is 2.19. The van der Waals surface area contributed by atoms with E-state index >= 15 is 0 Å². The first kappa shape index (κ1) is 6.88. The van der Waals surface area contributed by atoms with Crippen molar-refractivity contribution in [3.63, 3.8) is 0 Å². The molecule has 2 aromatic rings. The highest BCUT2D eigenvalue weighted by molar-refractivity contribution is 7.71. The predicted octanol–water partition coefficient (Wildman–Crippen LogP) is 3.14. The Labute approximate surface area is 72.7 Å². The summed E-state index contributed by atoms with van der Waals surface area (Å²) in [5.74, 6) is 0. The van der Waals surface area contributed by atoms with Crippen LogP contribution in [0.5, 0.6) is 0 Å². The van der Waals surface area contributed by atoms with Crippen molar-refractivity contribution in [2.75, 3.05) is 0 Å². The molecular formula is C7H4ClNOS. The van der Waals surface area contributed by atoms with Gasteiger partial charge in [-0.3, -0.25) is 0 Å². The van der Waals surface area contributed by atoms with Gasteiger partial charge in [0.25, 0.3) is 0 Å². The van der Waals surface area contributed by atoms with E-state index in [1.54, 1.807) is 18.2 Å². The summed E-state index contributed by atoms with van der Waals surface area (Å²) in [6, 6.07) is 5.32. The predicted molar refractivity (Wildman–Crippen MR) is 46.4 cm³/mol. The van der Waals surface area contributed by atoms with Crippen LogP contribution >= 0.6 is 23.8 Å². The maximum Gasteiger partial charge on any atom is 0.165 e. The lowest BCUT2D eigenvalue weighted by atomic mass is 10.3. The van der Waals surface area contributed by atoms with Gasteiger partial charge in [0.05, 0.1) is 5.39 Å². The van der Waals surface area contributed by atoms with Gasteiger partial charge in [0.2, 0.25) is 0 Å². The van der Waals surface area contributed by atoms with Crippen LogP contribution in [0.15, 0.2) is 22.7 Å². The van der Waals surface area contributed by atoms with Crippen LogP contribution in [0.4, 0.5) is 0 Å². The van der Waals surface area contributed by atoms with Crippen molar-refractivity contribution < 1.29 is 4.52 Å². The first-order valence-corrected chi connectivity index (χ1v) is 3.83. The molecule has 2 rings (SSSR count). The Kier molecular flexibility index (Phi) is 1.47. The molecule has 0 radical (unpaired) electrons. The van der Waals surface area contributed by atoms with Crippen molar-refractivity contribution in [3.05, 3.63) is 27.9 Å². The second-order valence-corrected chi connectivity index (χ2v) is 3.02. The fraction of sp³-hybridized carbons (Fsp3) is 0. The van der Waals surface area contributed by atoms with Crippen molar-refractivity contribution in [2.24, 2.45) is 0 Å². The van der Waals surface area contributed by atoms with E-state index in [2.05, 4.69) is 5.16 Å². The van der Waals surface area contributed by atoms with Gasteiger partial charge in [-0.25, -0.2) is 5.16 Å². The third kappa shape index (κ3) is 1.06. The molecular weight excluding hydrogens is 182 g/mol. The molecule has 0 aliphatic rings. The number of hydrogen-bond donors (Lipinski definition) is 1. The van der Waals surface area contributed by atoms with E-state index in [4.69, 9.17) is 28.3 Å². The lowest BCUT2D eigenvalue weighted by Gasteiger charge is -1.85. The van der Waals surface area contributed by atoms with Crippen LogP contribution in [0.1, 0.15) is 0 Å². The highest BCUT2D eigenvalue weighted by atomic mass is 35.5. The molecule has 4 heteroatoms. The molecule has 0 atom stereocenters. The van der Waals surface area contributed by atoms with E-state index in [0.29, 0.717) is 9.66 Å². The van der Waals surface area contributed by atoms with Gasteiger partial charge < -0.3 is 4.52 Å². The number of H-pyrrole nitrogens is 1. The van der Waals surface area contributed by atoms with Gasteiger partial charge in [-0.15, -0.1) is 0 Å². The quantitative estimate of drug-likeness (QED) is 0.639. The van der Waals surface area contributed by atoms with Gasteiger partial charge in [0, 0.05) is 5.02 Å². The molecule has 2 nitrogen and oxygen atoms in total. The topological polar surface area (TPSA) is 28.9 Å². The van der Waals surface area contributed by atoms with Crippen LogP contribution in [0.25, 0.3) is 11.0 Å². The van der Waals surface area contributed by atoms with Crippen molar-refractivity contribution in [2.45, 2.75) is 0 Å². The zero-order valence-corrected chi connectivity index (χ0v) is 7.00. The maximum absolute atomic E-state index is 5.75. The van der Waals surface area contributed by atoms with Gasteiger partial charge >= 0.3 is 0 Å². The number of benzene rings is 1. The minimum atomic E-state index is 0.586. The number of fused-ring (bicyclic) bond motifs is 1. The first-order valence-electron chi connectivity index (χ1n) is 3.04. The highest BCUT2D eigenvalue weighted by Gasteiger charge is 1.99. The monoisotopic (exact) mass is 185 g/mol. The number of aromatic nitrogens is 1. The van der Waals surface area contributed by atoms with Crippen LogP contribution in [0.2, 0.25) is 5.02 Å². The molecule has 1 aromatic carbocycles. The summed E-state index contributed by atoms with van der Waals surface area (Å²) in [4.78, 5) is 0. The third-order valence-corrected chi connectivity index (χ3v) is 1.98. The van der Waals surface area contributed by atoms with Gasteiger partial charge in [0.1, 0.15) is 4.64 Å². The second kappa shape index (κ2) is 2.36. The first-order chi connectivity index (χ1) is 5.27. The van der Waals surface area contributed by atoms with E-state index < -0.39 is 0 Å². The molecule has 0 amide bonds. The molecule has 0 spiro atoms. The molecule has 0 aliphatic carbocycles. The Morgan fingerprint density at radius 3 is 3.09 bits per heavy atom. The molecule has 0 fully saturated rings. The van der Waals surface area contributed by atoms with Crippen molar-refractivity contribution in [3.8, 4) is 0 Å². The summed E-state index contributed by atoms with van der Waals surface area (Å²) < 4.78 is 5.60. The smallest absolute Gasteiger partial charge is 0.165 e. The van der Waals surface area contributed by atoms with Gasteiger partial charge in [-0.2, -0.15) is 0 Å². The van der Waals surface area contributed by atoms with Crippen molar-refractivity contribution >= 4 is 34.8 Å². The number of nitrogens with one attached hydrogen (secondary N) is 1. The third-order valence-electron chi connectivity index (χ3n) is 1.44. The number of halogens is 1. The summed E-state index contributed by atoms with van der Waals surface area (Å²) in [5.41, 5.74) is 0.736. The number of hydrogen-bond acceptors (Lipinski definition) is 2. The molecule has 0 saturated heterocycles. The summed E-state index contributed by atoms with van der Waals surface area (Å²) >= 11 is 10.7. The van der Waals surface area contributed by atoms with Crippen LogP contribution in [-0.4, -0.2) is 5.16 Å². The van der Waals surface area contributed by atoms with Gasteiger partial charge in [-0.1, -0.05) is 23.8 Å². The average Bonchev–Trinajstić information content (AvgIpc) is 2.33. The standard InChI is InChI=1S/C7H4ClNOS/c8-4-1-2-6-5(3-4)7(11)9-10-6/h1-3H,(H,9,11). The van der Waals surface area contributed by atoms with E-state index in [1.165, 1.54) is 0 Å². The van der Waals surface area contributed by atoms with E-state index in [-0.39, 0.29) is 0 Å². The summed E-state index contributed by atoms with van der Waals surface area (Å²) in [6.45, 7) is 0.